The molecule has 0 radical (unpaired) electrons. The number of rotatable bonds is 3. The van der Waals surface area contributed by atoms with Crippen LogP contribution in [0.4, 0.5) is 0 Å². The van der Waals surface area contributed by atoms with Crippen LogP contribution in [-0.4, -0.2) is 12.4 Å². The number of ether oxygens (including phenoxy) is 1. The molecular formula is C16H18Cl2O2. The van der Waals surface area contributed by atoms with E-state index in [4.69, 9.17) is 27.9 Å². The summed E-state index contributed by atoms with van der Waals surface area (Å²) in [6, 6.07) is 1.80. The Kier molecular flexibility index (Phi) is 3.96. The molecule has 108 valence electrons. The van der Waals surface area contributed by atoms with Gasteiger partial charge in [-0.25, -0.2) is 0 Å². The highest BCUT2D eigenvalue weighted by Gasteiger charge is 2.42. The van der Waals surface area contributed by atoms with Crippen molar-refractivity contribution in [3.8, 4) is 5.75 Å². The van der Waals surface area contributed by atoms with Gasteiger partial charge in [-0.1, -0.05) is 30.1 Å². The summed E-state index contributed by atoms with van der Waals surface area (Å²) in [6.45, 7) is 2.57. The minimum atomic E-state index is 0.198. The Hall–Kier alpha value is -0.730. The summed E-state index contributed by atoms with van der Waals surface area (Å²) in [7, 11) is 0. The second-order valence-electron chi connectivity index (χ2n) is 5.74. The summed E-state index contributed by atoms with van der Waals surface area (Å²) < 4.78 is 5.94. The Morgan fingerprint density at radius 3 is 3.00 bits per heavy atom. The van der Waals surface area contributed by atoms with Gasteiger partial charge >= 0.3 is 0 Å². The number of halogens is 2. The molecule has 0 spiro atoms. The molecule has 2 atom stereocenters. The number of Topliss-reactive ketones (excluding diaryl/α,β-unsaturated/α-hetero) is 1. The zero-order chi connectivity index (χ0) is 14.3. The lowest BCUT2D eigenvalue weighted by Gasteiger charge is -2.20. The molecule has 1 aromatic rings. The summed E-state index contributed by atoms with van der Waals surface area (Å²) in [4.78, 5) is 11.8. The van der Waals surface area contributed by atoms with E-state index in [-0.39, 0.29) is 5.78 Å². The van der Waals surface area contributed by atoms with Crippen LogP contribution >= 0.6 is 23.2 Å². The van der Waals surface area contributed by atoms with Crippen molar-refractivity contribution < 1.29 is 9.53 Å². The van der Waals surface area contributed by atoms with Crippen LogP contribution in [-0.2, 0) is 11.2 Å². The van der Waals surface area contributed by atoms with Crippen LogP contribution in [0.15, 0.2) is 6.07 Å². The van der Waals surface area contributed by atoms with Gasteiger partial charge in [0.15, 0.2) is 0 Å². The third-order valence-corrected chi connectivity index (χ3v) is 5.13. The lowest BCUT2D eigenvalue weighted by Crippen LogP contribution is -2.10. The van der Waals surface area contributed by atoms with E-state index in [0.717, 1.165) is 29.7 Å². The van der Waals surface area contributed by atoms with E-state index in [1.807, 2.05) is 6.92 Å². The van der Waals surface area contributed by atoms with Crippen molar-refractivity contribution in [2.75, 3.05) is 6.61 Å². The number of ketones is 1. The maximum absolute atomic E-state index is 11.8. The first-order chi connectivity index (χ1) is 9.61. The van der Waals surface area contributed by atoms with Crippen molar-refractivity contribution in [1.82, 2.24) is 0 Å². The maximum Gasteiger partial charge on any atom is 0.137 e. The molecule has 0 unspecified atom stereocenters. The molecule has 0 bridgehead atoms. The summed E-state index contributed by atoms with van der Waals surface area (Å²) in [6.07, 6.45) is 4.34. The standard InChI is InChI=1S/C16H18Cl2O2/c1-2-11(19)6-10-8-13(17)15(18)14-12-7-9(12)4-3-5-20-16(10)14/h8-9,12H,2-7H2,1H3/t9-,12+/m1/s1. The Morgan fingerprint density at radius 1 is 1.45 bits per heavy atom. The van der Waals surface area contributed by atoms with Crippen molar-refractivity contribution in [3.05, 3.63) is 27.2 Å². The van der Waals surface area contributed by atoms with E-state index in [1.54, 1.807) is 6.07 Å². The molecule has 1 aliphatic carbocycles. The van der Waals surface area contributed by atoms with Crippen molar-refractivity contribution in [3.63, 3.8) is 0 Å². The predicted molar refractivity (Wildman–Crippen MR) is 81.0 cm³/mol. The minimum Gasteiger partial charge on any atom is -0.493 e. The largest absolute Gasteiger partial charge is 0.493 e. The molecule has 1 fully saturated rings. The normalized spacial score (nSPS) is 23.9. The average Bonchev–Trinajstić information content (AvgIpc) is 3.14. The summed E-state index contributed by atoms with van der Waals surface area (Å²) >= 11 is 12.7. The zero-order valence-corrected chi connectivity index (χ0v) is 13.1. The van der Waals surface area contributed by atoms with Crippen molar-refractivity contribution in [2.45, 2.75) is 44.9 Å². The highest BCUT2D eigenvalue weighted by atomic mass is 35.5. The van der Waals surface area contributed by atoms with Gasteiger partial charge in [-0.3, -0.25) is 4.79 Å². The molecule has 1 aromatic carbocycles. The fourth-order valence-corrected chi connectivity index (χ4v) is 3.61. The number of fused-ring (bicyclic) bond motifs is 3. The molecule has 0 aromatic heterocycles. The van der Waals surface area contributed by atoms with Crippen LogP contribution < -0.4 is 4.74 Å². The van der Waals surface area contributed by atoms with Crippen LogP contribution in [0.5, 0.6) is 5.75 Å². The molecular weight excluding hydrogens is 295 g/mol. The smallest absolute Gasteiger partial charge is 0.137 e. The molecule has 20 heavy (non-hydrogen) atoms. The highest BCUT2D eigenvalue weighted by molar-refractivity contribution is 6.42. The lowest BCUT2D eigenvalue weighted by molar-refractivity contribution is -0.118. The summed E-state index contributed by atoms with van der Waals surface area (Å²) in [5, 5.41) is 1.16. The van der Waals surface area contributed by atoms with E-state index in [9.17, 15) is 4.79 Å². The van der Waals surface area contributed by atoms with E-state index in [1.165, 1.54) is 6.42 Å². The Balaban J connectivity index is 2.07. The molecule has 1 aliphatic heterocycles. The van der Waals surface area contributed by atoms with Gasteiger partial charge in [0, 0.05) is 24.0 Å². The van der Waals surface area contributed by atoms with Crippen molar-refractivity contribution in [1.29, 1.82) is 0 Å². The van der Waals surface area contributed by atoms with Gasteiger partial charge in [-0.15, -0.1) is 0 Å². The Bertz CT molecular complexity index is 554. The first-order valence-electron chi connectivity index (χ1n) is 7.27. The van der Waals surface area contributed by atoms with Crippen LogP contribution in [0, 0.1) is 5.92 Å². The van der Waals surface area contributed by atoms with Gasteiger partial charge in [-0.05, 0) is 37.2 Å². The summed E-state index contributed by atoms with van der Waals surface area (Å²) in [5.41, 5.74) is 1.94. The highest BCUT2D eigenvalue weighted by Crippen LogP contribution is 2.57. The molecule has 0 N–H and O–H groups in total. The van der Waals surface area contributed by atoms with Crippen LogP contribution in [0.2, 0.25) is 10.0 Å². The Labute approximate surface area is 129 Å². The Morgan fingerprint density at radius 2 is 2.25 bits per heavy atom. The average molecular weight is 313 g/mol. The second kappa shape index (κ2) is 5.57. The van der Waals surface area contributed by atoms with Crippen LogP contribution in [0.25, 0.3) is 0 Å². The molecule has 3 rings (SSSR count). The second-order valence-corrected chi connectivity index (χ2v) is 6.52. The van der Waals surface area contributed by atoms with E-state index >= 15 is 0 Å². The molecule has 1 heterocycles. The minimum absolute atomic E-state index is 0.198. The van der Waals surface area contributed by atoms with Crippen molar-refractivity contribution >= 4 is 29.0 Å². The lowest BCUT2D eigenvalue weighted by atomic mass is 9.98. The fourth-order valence-electron chi connectivity index (χ4n) is 3.09. The number of carbonyl (C=O) groups excluding carboxylic acids is 1. The molecule has 0 saturated heterocycles. The summed E-state index contributed by atoms with van der Waals surface area (Å²) in [5.74, 6) is 2.20. The van der Waals surface area contributed by atoms with Crippen molar-refractivity contribution in [2.24, 2.45) is 5.92 Å². The third-order valence-electron chi connectivity index (χ3n) is 4.32. The monoisotopic (exact) mass is 312 g/mol. The van der Waals surface area contributed by atoms with E-state index in [0.29, 0.717) is 41.3 Å². The predicted octanol–water partition coefficient (Wildman–Crippen LogP) is 4.79. The van der Waals surface area contributed by atoms with Crippen LogP contribution in [0.3, 0.4) is 0 Å². The first-order valence-corrected chi connectivity index (χ1v) is 8.02. The van der Waals surface area contributed by atoms with Gasteiger partial charge in [0.05, 0.1) is 16.7 Å². The van der Waals surface area contributed by atoms with Gasteiger partial charge in [0.25, 0.3) is 0 Å². The molecule has 2 aliphatic rings. The molecule has 4 heteroatoms. The van der Waals surface area contributed by atoms with Gasteiger partial charge in [0.1, 0.15) is 11.5 Å². The first kappa shape index (κ1) is 14.2. The molecule has 1 saturated carbocycles. The molecule has 0 amide bonds. The number of hydrogen-bond donors (Lipinski definition) is 0. The van der Waals surface area contributed by atoms with E-state index < -0.39 is 0 Å². The fraction of sp³-hybridized carbons (Fsp3) is 0.562. The van der Waals surface area contributed by atoms with Gasteiger partial charge in [0.2, 0.25) is 0 Å². The van der Waals surface area contributed by atoms with E-state index in [2.05, 4.69) is 0 Å². The third kappa shape index (κ3) is 2.56. The van der Waals surface area contributed by atoms with Crippen LogP contribution in [0.1, 0.15) is 49.7 Å². The van der Waals surface area contributed by atoms with Gasteiger partial charge < -0.3 is 4.74 Å². The molecule has 2 nitrogen and oxygen atoms in total. The maximum atomic E-state index is 11.8. The quantitative estimate of drug-likeness (QED) is 0.802. The number of benzene rings is 1. The number of hydrogen-bond acceptors (Lipinski definition) is 2. The SMILES string of the molecule is CCC(=O)Cc1cc(Cl)c(Cl)c2c1OCCC[C@@H]1C[C@H]21. The topological polar surface area (TPSA) is 26.3 Å². The zero-order valence-electron chi connectivity index (χ0n) is 11.5. The number of carbonyl (C=O) groups is 1. The van der Waals surface area contributed by atoms with Gasteiger partial charge in [-0.2, -0.15) is 0 Å².